The van der Waals surface area contributed by atoms with Gasteiger partial charge < -0.3 is 9.67 Å². The second-order valence-electron chi connectivity index (χ2n) is 5.57. The van der Waals surface area contributed by atoms with Gasteiger partial charge in [0.1, 0.15) is 5.82 Å². The van der Waals surface area contributed by atoms with Crippen molar-refractivity contribution in [1.29, 1.82) is 0 Å². The Bertz CT molecular complexity index is 744. The van der Waals surface area contributed by atoms with E-state index in [4.69, 9.17) is 11.6 Å². The molecule has 2 rings (SSSR count). The first-order valence-corrected chi connectivity index (χ1v) is 7.74. The van der Waals surface area contributed by atoms with Gasteiger partial charge in [-0.25, -0.2) is 14.2 Å². The summed E-state index contributed by atoms with van der Waals surface area (Å²) in [5, 5.41) is 9.27. The van der Waals surface area contributed by atoms with Gasteiger partial charge in [-0.05, 0) is 43.0 Å². The molecule has 0 radical (unpaired) electrons. The molecule has 0 saturated heterocycles. The number of benzene rings is 1. The highest BCUT2D eigenvalue weighted by Crippen LogP contribution is 2.20. The molecule has 130 valence electrons. The fraction of sp³-hybridized carbons (Fsp3) is 0.294. The van der Waals surface area contributed by atoms with E-state index in [9.17, 15) is 14.3 Å². The van der Waals surface area contributed by atoms with E-state index in [2.05, 4.69) is 4.98 Å². The lowest BCUT2D eigenvalue weighted by Crippen LogP contribution is -2.07. The largest absolute Gasteiger partial charge is 0.478 e. The Morgan fingerprint density at radius 1 is 1.50 bits per heavy atom. The number of halogens is 3. The van der Waals surface area contributed by atoms with Crippen molar-refractivity contribution < 1.29 is 14.3 Å². The van der Waals surface area contributed by atoms with Crippen molar-refractivity contribution in [3.63, 3.8) is 0 Å². The van der Waals surface area contributed by atoms with Crippen LogP contribution >= 0.6 is 24.0 Å². The van der Waals surface area contributed by atoms with E-state index in [-0.39, 0.29) is 23.9 Å². The van der Waals surface area contributed by atoms with Gasteiger partial charge in [-0.2, -0.15) is 0 Å². The molecule has 0 saturated carbocycles. The minimum absolute atomic E-state index is 0. The fourth-order valence-corrected chi connectivity index (χ4v) is 2.32. The number of aliphatic carboxylic acids is 1. The molecule has 0 aliphatic heterocycles. The maximum atomic E-state index is 14.3. The highest BCUT2D eigenvalue weighted by Gasteiger charge is 2.13. The standard InChI is InChI=1S/C17H18ClFN2O2.ClH/c1-11(8-18)5-14(17(22)23)6-13-3-4-16(15(19)7-13)21-9-12(2)20-10-21;/h3-4,6-7,9-11H,5,8H2,1-2H3,(H,22,23);1H. The molecule has 0 aliphatic rings. The molecule has 0 fully saturated rings. The molecule has 7 heteroatoms. The summed E-state index contributed by atoms with van der Waals surface area (Å²) in [5.74, 6) is -1.04. The van der Waals surface area contributed by atoms with Crippen LogP contribution in [0.4, 0.5) is 4.39 Å². The van der Waals surface area contributed by atoms with Crippen LogP contribution in [-0.4, -0.2) is 26.5 Å². The van der Waals surface area contributed by atoms with Crippen molar-refractivity contribution in [2.24, 2.45) is 5.92 Å². The summed E-state index contributed by atoms with van der Waals surface area (Å²) < 4.78 is 15.9. The van der Waals surface area contributed by atoms with Crippen LogP contribution in [0.1, 0.15) is 24.6 Å². The number of rotatable bonds is 6. The number of carboxylic acids is 1. The first-order valence-electron chi connectivity index (χ1n) is 7.21. The van der Waals surface area contributed by atoms with Crippen molar-refractivity contribution in [3.8, 4) is 5.69 Å². The monoisotopic (exact) mass is 372 g/mol. The Kier molecular flexibility index (Phi) is 7.45. The third-order valence-electron chi connectivity index (χ3n) is 3.41. The van der Waals surface area contributed by atoms with Crippen molar-refractivity contribution in [1.82, 2.24) is 9.55 Å². The van der Waals surface area contributed by atoms with E-state index >= 15 is 0 Å². The van der Waals surface area contributed by atoms with Crippen molar-refractivity contribution in [2.45, 2.75) is 20.3 Å². The molecule has 0 aliphatic carbocycles. The van der Waals surface area contributed by atoms with Gasteiger partial charge in [0.25, 0.3) is 0 Å². The van der Waals surface area contributed by atoms with E-state index in [1.807, 2.05) is 13.8 Å². The molecule has 2 aromatic rings. The summed E-state index contributed by atoms with van der Waals surface area (Å²) in [6, 6.07) is 4.60. The molecule has 4 nitrogen and oxygen atoms in total. The van der Waals surface area contributed by atoms with E-state index in [0.717, 1.165) is 5.69 Å². The predicted molar refractivity (Wildman–Crippen MR) is 95.6 cm³/mol. The quantitative estimate of drug-likeness (QED) is 0.600. The normalized spacial score (nSPS) is 12.6. The number of carboxylic acid groups (broad SMARTS) is 1. The lowest BCUT2D eigenvalue weighted by atomic mass is 10.0. The molecule has 1 N–H and O–H groups in total. The molecule has 1 aromatic carbocycles. The number of alkyl halides is 1. The molecule has 1 heterocycles. The zero-order valence-corrected chi connectivity index (χ0v) is 14.9. The molecular formula is C17H19Cl2FN2O2. The van der Waals surface area contributed by atoms with Crippen LogP contribution < -0.4 is 0 Å². The Balaban J connectivity index is 0.00000288. The first kappa shape index (κ1) is 20.2. The number of nitrogens with zero attached hydrogens (tertiary/aromatic N) is 2. The predicted octanol–water partition coefficient (Wildman–Crippen LogP) is 4.47. The van der Waals surface area contributed by atoms with Crippen LogP contribution in [0.2, 0.25) is 0 Å². The van der Waals surface area contributed by atoms with Crippen LogP contribution in [-0.2, 0) is 4.79 Å². The Morgan fingerprint density at radius 3 is 2.71 bits per heavy atom. The summed E-state index contributed by atoms with van der Waals surface area (Å²) in [6.45, 7) is 3.69. The zero-order valence-electron chi connectivity index (χ0n) is 13.4. The summed E-state index contributed by atoms with van der Waals surface area (Å²) in [4.78, 5) is 15.4. The SMILES string of the molecule is Cc1cn(-c2ccc(C=C(CC(C)CCl)C(=O)O)cc2F)cn1.Cl. The van der Waals surface area contributed by atoms with Gasteiger partial charge in [0.2, 0.25) is 0 Å². The van der Waals surface area contributed by atoms with Crippen molar-refractivity contribution >= 4 is 36.1 Å². The number of aromatic nitrogens is 2. The number of hydrogen-bond acceptors (Lipinski definition) is 2. The molecule has 1 atom stereocenters. The third-order valence-corrected chi connectivity index (χ3v) is 3.94. The highest BCUT2D eigenvalue weighted by molar-refractivity contribution is 6.18. The summed E-state index contributed by atoms with van der Waals surface area (Å²) in [5.41, 5.74) is 1.87. The van der Waals surface area contributed by atoms with E-state index < -0.39 is 11.8 Å². The topological polar surface area (TPSA) is 55.1 Å². The Labute approximate surface area is 151 Å². The number of imidazole rings is 1. The average Bonchev–Trinajstić information content (AvgIpc) is 2.92. The molecule has 24 heavy (non-hydrogen) atoms. The van der Waals surface area contributed by atoms with Gasteiger partial charge in [0.15, 0.2) is 0 Å². The third kappa shape index (κ3) is 5.08. The molecule has 1 unspecified atom stereocenters. The molecular weight excluding hydrogens is 354 g/mol. The lowest BCUT2D eigenvalue weighted by Gasteiger charge is -2.09. The highest BCUT2D eigenvalue weighted by atomic mass is 35.5. The van der Waals surface area contributed by atoms with Crippen LogP contribution in [0.3, 0.4) is 0 Å². The Hall–Kier alpha value is -1.85. The van der Waals surface area contributed by atoms with Gasteiger partial charge in [-0.3, -0.25) is 0 Å². The molecule has 0 spiro atoms. The maximum Gasteiger partial charge on any atom is 0.331 e. The van der Waals surface area contributed by atoms with Gasteiger partial charge in [0, 0.05) is 17.6 Å². The van der Waals surface area contributed by atoms with Gasteiger partial charge in [0.05, 0.1) is 17.7 Å². The molecule has 0 amide bonds. The van der Waals surface area contributed by atoms with Crippen LogP contribution in [0.15, 0.2) is 36.3 Å². The number of hydrogen-bond donors (Lipinski definition) is 1. The average molecular weight is 373 g/mol. The summed E-state index contributed by atoms with van der Waals surface area (Å²) >= 11 is 5.73. The molecule has 1 aromatic heterocycles. The molecule has 0 bridgehead atoms. The van der Waals surface area contributed by atoms with Crippen LogP contribution in [0.25, 0.3) is 11.8 Å². The zero-order chi connectivity index (χ0) is 17.0. The van der Waals surface area contributed by atoms with Crippen molar-refractivity contribution in [3.05, 3.63) is 53.4 Å². The summed E-state index contributed by atoms with van der Waals surface area (Å²) in [7, 11) is 0. The second-order valence-corrected chi connectivity index (χ2v) is 5.88. The maximum absolute atomic E-state index is 14.3. The summed E-state index contributed by atoms with van der Waals surface area (Å²) in [6.07, 6.45) is 5.08. The minimum atomic E-state index is -1.02. The second kappa shape index (κ2) is 8.85. The fourth-order valence-electron chi connectivity index (χ4n) is 2.21. The minimum Gasteiger partial charge on any atom is -0.478 e. The Morgan fingerprint density at radius 2 is 2.21 bits per heavy atom. The van der Waals surface area contributed by atoms with Crippen molar-refractivity contribution in [2.75, 3.05) is 5.88 Å². The van der Waals surface area contributed by atoms with Gasteiger partial charge in [-0.15, -0.1) is 24.0 Å². The van der Waals surface area contributed by atoms with Crippen LogP contribution in [0, 0.1) is 18.7 Å². The smallest absolute Gasteiger partial charge is 0.331 e. The van der Waals surface area contributed by atoms with Gasteiger partial charge in [-0.1, -0.05) is 13.0 Å². The number of carbonyl (C=O) groups is 1. The van der Waals surface area contributed by atoms with E-state index in [1.54, 1.807) is 22.9 Å². The lowest BCUT2D eigenvalue weighted by molar-refractivity contribution is -0.132. The van der Waals surface area contributed by atoms with E-state index in [1.165, 1.54) is 18.5 Å². The first-order chi connectivity index (χ1) is 10.9. The van der Waals surface area contributed by atoms with E-state index in [0.29, 0.717) is 23.6 Å². The van der Waals surface area contributed by atoms with Crippen LogP contribution in [0.5, 0.6) is 0 Å². The number of aryl methyl sites for hydroxylation is 1. The van der Waals surface area contributed by atoms with Gasteiger partial charge >= 0.3 is 5.97 Å².